The van der Waals surface area contributed by atoms with Gasteiger partial charge in [-0.1, -0.05) is 11.6 Å². The van der Waals surface area contributed by atoms with Crippen LogP contribution < -0.4 is 15.6 Å². The van der Waals surface area contributed by atoms with Gasteiger partial charge in [0, 0.05) is 10.6 Å². The molecule has 1 aromatic heterocycles. The molecule has 0 saturated heterocycles. The highest BCUT2D eigenvalue weighted by atomic mass is 35.5. The second-order valence-electron chi connectivity index (χ2n) is 6.08. The number of ether oxygens (including phenoxy) is 1. The fourth-order valence-electron chi connectivity index (χ4n) is 3.11. The summed E-state index contributed by atoms with van der Waals surface area (Å²) in [5.41, 5.74) is 1.97. The van der Waals surface area contributed by atoms with Gasteiger partial charge in [-0.25, -0.2) is 4.98 Å². The van der Waals surface area contributed by atoms with Crippen LogP contribution in [0.5, 0.6) is 5.75 Å². The van der Waals surface area contributed by atoms with Gasteiger partial charge in [-0.15, -0.1) is 0 Å². The summed E-state index contributed by atoms with van der Waals surface area (Å²) in [4.78, 5) is 29.7. The van der Waals surface area contributed by atoms with Gasteiger partial charge in [0.2, 0.25) is 5.91 Å². The van der Waals surface area contributed by atoms with Crippen molar-refractivity contribution in [3.63, 3.8) is 0 Å². The molecule has 2 aromatic rings. The maximum Gasteiger partial charge on any atom is 0.257 e. The van der Waals surface area contributed by atoms with Crippen LogP contribution in [0.15, 0.2) is 23.0 Å². The van der Waals surface area contributed by atoms with E-state index in [0.717, 1.165) is 36.9 Å². The molecule has 0 bridgehead atoms. The summed E-state index contributed by atoms with van der Waals surface area (Å²) in [5.74, 6) is 0.729. The number of aromatic nitrogens is 2. The number of carbonyl (C=O) groups excluding carboxylic acids is 1. The highest BCUT2D eigenvalue weighted by molar-refractivity contribution is 6.31. The molecule has 0 unspecified atom stereocenters. The minimum atomic E-state index is -0.330. The third-order valence-corrected chi connectivity index (χ3v) is 4.60. The van der Waals surface area contributed by atoms with Crippen molar-refractivity contribution >= 4 is 23.2 Å². The Bertz CT molecular complexity index is 877. The molecule has 7 heteroatoms. The van der Waals surface area contributed by atoms with Gasteiger partial charge in [0.15, 0.2) is 0 Å². The van der Waals surface area contributed by atoms with E-state index in [4.69, 9.17) is 16.3 Å². The standard InChI is InChI=1S/C18H20ClN3O3/c1-11-20-14-6-4-3-5-13(14)18(24)22(11)10-17(23)21-15-9-12(19)7-8-16(15)25-2/h7-9H,3-6,10H2,1-2H3,(H,21,23). The normalized spacial score (nSPS) is 13.2. The van der Waals surface area contributed by atoms with Crippen molar-refractivity contribution < 1.29 is 9.53 Å². The molecule has 0 spiro atoms. The monoisotopic (exact) mass is 361 g/mol. The van der Waals surface area contributed by atoms with Gasteiger partial charge in [0.1, 0.15) is 18.1 Å². The van der Waals surface area contributed by atoms with Gasteiger partial charge in [-0.05, 0) is 50.8 Å². The highest BCUT2D eigenvalue weighted by Crippen LogP contribution is 2.27. The van der Waals surface area contributed by atoms with E-state index in [9.17, 15) is 9.59 Å². The number of nitrogens with zero attached hydrogens (tertiary/aromatic N) is 2. The number of aryl methyl sites for hydroxylation is 2. The fourth-order valence-corrected chi connectivity index (χ4v) is 3.28. The molecule has 132 valence electrons. The van der Waals surface area contributed by atoms with E-state index in [1.165, 1.54) is 11.7 Å². The SMILES string of the molecule is COc1ccc(Cl)cc1NC(=O)Cn1c(C)nc2c(c1=O)CCCC2. The minimum Gasteiger partial charge on any atom is -0.495 e. The number of nitrogens with one attached hydrogen (secondary N) is 1. The molecule has 1 N–H and O–H groups in total. The van der Waals surface area contributed by atoms with Crippen LogP contribution in [0.4, 0.5) is 5.69 Å². The lowest BCUT2D eigenvalue weighted by Gasteiger charge is -2.18. The van der Waals surface area contributed by atoms with Crippen LogP contribution >= 0.6 is 11.6 Å². The van der Waals surface area contributed by atoms with E-state index in [0.29, 0.717) is 22.3 Å². The first-order valence-electron chi connectivity index (χ1n) is 8.22. The number of carbonyl (C=O) groups is 1. The summed E-state index contributed by atoms with van der Waals surface area (Å²) >= 11 is 5.98. The molecule has 0 aliphatic heterocycles. The van der Waals surface area contributed by atoms with Gasteiger partial charge in [-0.3, -0.25) is 14.2 Å². The molecule has 25 heavy (non-hydrogen) atoms. The van der Waals surface area contributed by atoms with Gasteiger partial charge in [-0.2, -0.15) is 0 Å². The first-order valence-corrected chi connectivity index (χ1v) is 8.60. The summed E-state index contributed by atoms with van der Waals surface area (Å²) in [6.45, 7) is 1.66. The van der Waals surface area contributed by atoms with Crippen LogP contribution in [0.1, 0.15) is 29.9 Å². The van der Waals surface area contributed by atoms with Crippen LogP contribution in [0, 0.1) is 6.92 Å². The van der Waals surface area contributed by atoms with Crippen molar-refractivity contribution in [1.82, 2.24) is 9.55 Å². The number of hydrogen-bond acceptors (Lipinski definition) is 4. The third kappa shape index (κ3) is 3.69. The van der Waals surface area contributed by atoms with Crippen molar-refractivity contribution in [2.24, 2.45) is 0 Å². The fraction of sp³-hybridized carbons (Fsp3) is 0.389. The largest absolute Gasteiger partial charge is 0.495 e. The van der Waals surface area contributed by atoms with Crippen molar-refractivity contribution in [1.29, 1.82) is 0 Å². The van der Waals surface area contributed by atoms with Crippen LogP contribution in [-0.2, 0) is 24.2 Å². The maximum absolute atomic E-state index is 12.7. The number of rotatable bonds is 4. The molecule has 1 amide bonds. The Morgan fingerprint density at radius 3 is 2.88 bits per heavy atom. The lowest BCUT2D eigenvalue weighted by atomic mass is 9.97. The van der Waals surface area contributed by atoms with Crippen LogP contribution in [0.25, 0.3) is 0 Å². The number of halogens is 1. The van der Waals surface area contributed by atoms with E-state index in [2.05, 4.69) is 10.3 Å². The summed E-state index contributed by atoms with van der Waals surface area (Å²) < 4.78 is 6.65. The Morgan fingerprint density at radius 1 is 1.36 bits per heavy atom. The molecule has 1 aliphatic rings. The van der Waals surface area contributed by atoms with Gasteiger partial charge >= 0.3 is 0 Å². The van der Waals surface area contributed by atoms with Gasteiger partial charge in [0.05, 0.1) is 18.5 Å². The van der Waals surface area contributed by atoms with Gasteiger partial charge in [0.25, 0.3) is 5.56 Å². The molecular formula is C18H20ClN3O3. The van der Waals surface area contributed by atoms with E-state index < -0.39 is 0 Å². The second-order valence-corrected chi connectivity index (χ2v) is 6.51. The average Bonchev–Trinajstić information content (AvgIpc) is 2.59. The molecule has 0 fully saturated rings. The Morgan fingerprint density at radius 2 is 2.12 bits per heavy atom. The van der Waals surface area contributed by atoms with Crippen molar-refractivity contribution in [2.45, 2.75) is 39.2 Å². The molecule has 3 rings (SSSR count). The van der Waals surface area contributed by atoms with Crippen molar-refractivity contribution in [3.8, 4) is 5.75 Å². The topological polar surface area (TPSA) is 73.2 Å². The van der Waals surface area contributed by atoms with Crippen molar-refractivity contribution in [2.75, 3.05) is 12.4 Å². The lowest BCUT2D eigenvalue weighted by molar-refractivity contribution is -0.116. The second kappa shape index (κ2) is 7.27. The average molecular weight is 362 g/mol. The predicted molar refractivity (Wildman–Crippen MR) is 96.5 cm³/mol. The molecule has 1 aromatic carbocycles. The molecule has 1 heterocycles. The zero-order valence-corrected chi connectivity index (χ0v) is 15.0. The Kier molecular flexibility index (Phi) is 5.08. The van der Waals surface area contributed by atoms with Crippen molar-refractivity contribution in [3.05, 3.63) is 50.7 Å². The quantitative estimate of drug-likeness (QED) is 0.908. The molecule has 6 nitrogen and oxygen atoms in total. The first kappa shape index (κ1) is 17.5. The number of benzene rings is 1. The minimum absolute atomic E-state index is 0.0966. The zero-order valence-electron chi connectivity index (χ0n) is 14.3. The van der Waals surface area contributed by atoms with Gasteiger partial charge < -0.3 is 10.1 Å². The Balaban J connectivity index is 1.85. The Hall–Kier alpha value is -2.34. The van der Waals surface area contributed by atoms with E-state index in [1.807, 2.05) is 0 Å². The number of amides is 1. The van der Waals surface area contributed by atoms with E-state index >= 15 is 0 Å². The number of fused-ring (bicyclic) bond motifs is 1. The van der Waals surface area contributed by atoms with Crippen LogP contribution in [-0.4, -0.2) is 22.6 Å². The van der Waals surface area contributed by atoms with Crippen LogP contribution in [0.3, 0.4) is 0 Å². The first-order chi connectivity index (χ1) is 12.0. The summed E-state index contributed by atoms with van der Waals surface area (Å²) in [6, 6.07) is 4.97. The molecule has 0 saturated carbocycles. The highest BCUT2D eigenvalue weighted by Gasteiger charge is 2.19. The molecular weight excluding hydrogens is 342 g/mol. The van der Waals surface area contributed by atoms with E-state index in [1.54, 1.807) is 25.1 Å². The number of hydrogen-bond donors (Lipinski definition) is 1. The lowest BCUT2D eigenvalue weighted by Crippen LogP contribution is -2.34. The molecule has 0 atom stereocenters. The summed E-state index contributed by atoms with van der Waals surface area (Å²) in [7, 11) is 1.51. The summed E-state index contributed by atoms with van der Waals surface area (Å²) in [6.07, 6.45) is 3.60. The zero-order chi connectivity index (χ0) is 18.0. The summed E-state index contributed by atoms with van der Waals surface area (Å²) in [5, 5.41) is 3.24. The Labute approximate surface area is 150 Å². The molecule has 0 radical (unpaired) electrons. The predicted octanol–water partition coefficient (Wildman–Crippen LogP) is 2.73. The third-order valence-electron chi connectivity index (χ3n) is 4.37. The van der Waals surface area contributed by atoms with Crippen LogP contribution in [0.2, 0.25) is 5.02 Å². The number of methoxy groups -OCH3 is 1. The maximum atomic E-state index is 12.7. The number of anilines is 1. The smallest absolute Gasteiger partial charge is 0.257 e. The van der Waals surface area contributed by atoms with E-state index in [-0.39, 0.29) is 18.0 Å². The molecule has 1 aliphatic carbocycles.